The molecule has 0 saturated heterocycles. The molecule has 0 fully saturated rings. The number of halogens is 1. The Morgan fingerprint density at radius 1 is 1.43 bits per heavy atom. The Morgan fingerprint density at radius 3 is 3.00 bits per heavy atom. The number of fused-ring (bicyclic) bond motifs is 1. The first-order valence-corrected chi connectivity index (χ1v) is 5.68. The predicted molar refractivity (Wildman–Crippen MR) is 58.8 cm³/mol. The molecule has 0 heterocycles. The summed E-state index contributed by atoms with van der Waals surface area (Å²) in [7, 11) is 0. The molecule has 1 aromatic carbocycles. The standard InChI is InChI=1S/C12H15ClO/c13-8-12(14)11-7-3-5-9-4-1-2-6-10(9)11/h1-2,4,6,11-12,14H,3,5,7-8H2. The van der Waals surface area contributed by atoms with Crippen LogP contribution in [0.25, 0.3) is 0 Å². The number of hydrogen-bond acceptors (Lipinski definition) is 1. The SMILES string of the molecule is OC(CCl)C1CCCc2ccccc21. The van der Waals surface area contributed by atoms with Crippen LogP contribution in [0.5, 0.6) is 0 Å². The highest BCUT2D eigenvalue weighted by Gasteiger charge is 2.25. The minimum Gasteiger partial charge on any atom is -0.391 e. The molecule has 2 atom stereocenters. The van der Waals surface area contributed by atoms with E-state index < -0.39 is 6.10 Å². The van der Waals surface area contributed by atoms with Crippen LogP contribution in [0, 0.1) is 0 Å². The van der Waals surface area contributed by atoms with Crippen molar-refractivity contribution in [2.24, 2.45) is 0 Å². The van der Waals surface area contributed by atoms with E-state index in [4.69, 9.17) is 11.6 Å². The zero-order chi connectivity index (χ0) is 9.97. The fourth-order valence-electron chi connectivity index (χ4n) is 2.30. The van der Waals surface area contributed by atoms with Gasteiger partial charge < -0.3 is 5.11 Å². The summed E-state index contributed by atoms with van der Waals surface area (Å²) in [4.78, 5) is 0. The van der Waals surface area contributed by atoms with Crippen molar-refractivity contribution in [3.8, 4) is 0 Å². The molecule has 76 valence electrons. The highest BCUT2D eigenvalue weighted by molar-refractivity contribution is 6.18. The van der Waals surface area contributed by atoms with Crippen LogP contribution in [0.3, 0.4) is 0 Å². The minimum absolute atomic E-state index is 0.248. The zero-order valence-electron chi connectivity index (χ0n) is 8.12. The highest BCUT2D eigenvalue weighted by Crippen LogP contribution is 2.34. The quantitative estimate of drug-likeness (QED) is 0.745. The second-order valence-electron chi connectivity index (χ2n) is 3.92. The van der Waals surface area contributed by atoms with Crippen molar-refractivity contribution in [2.75, 3.05) is 5.88 Å². The van der Waals surface area contributed by atoms with E-state index in [0.29, 0.717) is 5.88 Å². The van der Waals surface area contributed by atoms with Crippen LogP contribution in [0.2, 0.25) is 0 Å². The summed E-state index contributed by atoms with van der Waals surface area (Å²) < 4.78 is 0. The maximum atomic E-state index is 9.80. The number of aliphatic hydroxyl groups is 1. The second kappa shape index (κ2) is 4.33. The summed E-state index contributed by atoms with van der Waals surface area (Å²) in [5.41, 5.74) is 2.68. The van der Waals surface area contributed by atoms with E-state index in [2.05, 4.69) is 18.2 Å². The van der Waals surface area contributed by atoms with Crippen LogP contribution in [0.15, 0.2) is 24.3 Å². The maximum Gasteiger partial charge on any atom is 0.0743 e. The lowest BCUT2D eigenvalue weighted by molar-refractivity contribution is 0.156. The molecular formula is C12H15ClO. The average molecular weight is 211 g/mol. The van der Waals surface area contributed by atoms with Crippen LogP contribution < -0.4 is 0 Å². The van der Waals surface area contributed by atoms with Crippen LogP contribution >= 0.6 is 11.6 Å². The smallest absolute Gasteiger partial charge is 0.0743 e. The molecule has 0 aromatic heterocycles. The van der Waals surface area contributed by atoms with Gasteiger partial charge in [-0.3, -0.25) is 0 Å². The topological polar surface area (TPSA) is 20.2 Å². The number of alkyl halides is 1. The lowest BCUT2D eigenvalue weighted by Gasteiger charge is -2.28. The van der Waals surface area contributed by atoms with Gasteiger partial charge in [0.25, 0.3) is 0 Å². The molecule has 1 nitrogen and oxygen atoms in total. The van der Waals surface area contributed by atoms with Gasteiger partial charge in [0.15, 0.2) is 0 Å². The van der Waals surface area contributed by atoms with Crippen LogP contribution in [-0.2, 0) is 6.42 Å². The molecule has 0 saturated carbocycles. The number of hydrogen-bond donors (Lipinski definition) is 1. The molecule has 1 N–H and O–H groups in total. The first kappa shape index (κ1) is 10.0. The summed E-state index contributed by atoms with van der Waals surface area (Å²) in [6, 6.07) is 8.38. The van der Waals surface area contributed by atoms with E-state index in [1.807, 2.05) is 6.07 Å². The normalized spacial score (nSPS) is 22.9. The number of rotatable bonds is 2. The molecule has 0 amide bonds. The van der Waals surface area contributed by atoms with Crippen molar-refractivity contribution in [1.82, 2.24) is 0 Å². The van der Waals surface area contributed by atoms with Crippen molar-refractivity contribution in [2.45, 2.75) is 31.3 Å². The summed E-state index contributed by atoms with van der Waals surface area (Å²) in [6.07, 6.45) is 2.97. The van der Waals surface area contributed by atoms with Gasteiger partial charge in [-0.05, 0) is 30.4 Å². The maximum absolute atomic E-state index is 9.80. The minimum atomic E-state index is -0.391. The lowest BCUT2D eigenvalue weighted by Crippen LogP contribution is -2.24. The Labute approximate surface area is 89.7 Å². The van der Waals surface area contributed by atoms with Crippen molar-refractivity contribution in [3.63, 3.8) is 0 Å². The fraction of sp³-hybridized carbons (Fsp3) is 0.500. The average Bonchev–Trinajstić information content (AvgIpc) is 2.27. The van der Waals surface area contributed by atoms with Gasteiger partial charge in [-0.1, -0.05) is 24.3 Å². The summed E-state index contributed by atoms with van der Waals surface area (Å²) in [6.45, 7) is 0. The van der Waals surface area contributed by atoms with Gasteiger partial charge in [0.05, 0.1) is 6.10 Å². The number of benzene rings is 1. The lowest BCUT2D eigenvalue weighted by atomic mass is 9.80. The van der Waals surface area contributed by atoms with Gasteiger partial charge in [-0.2, -0.15) is 0 Å². The monoisotopic (exact) mass is 210 g/mol. The van der Waals surface area contributed by atoms with Crippen molar-refractivity contribution >= 4 is 11.6 Å². The molecule has 0 spiro atoms. The Hall–Kier alpha value is -0.530. The predicted octanol–water partition coefficient (Wildman–Crippen LogP) is 2.71. The molecule has 2 rings (SSSR count). The number of aryl methyl sites for hydroxylation is 1. The van der Waals surface area contributed by atoms with E-state index in [1.54, 1.807) is 0 Å². The van der Waals surface area contributed by atoms with E-state index >= 15 is 0 Å². The molecule has 1 aliphatic carbocycles. The van der Waals surface area contributed by atoms with Crippen LogP contribution in [-0.4, -0.2) is 17.1 Å². The Balaban J connectivity index is 2.30. The third-order valence-corrected chi connectivity index (χ3v) is 3.35. The molecule has 0 radical (unpaired) electrons. The Morgan fingerprint density at radius 2 is 2.21 bits per heavy atom. The highest BCUT2D eigenvalue weighted by atomic mass is 35.5. The summed E-state index contributed by atoms with van der Waals surface area (Å²) >= 11 is 5.70. The van der Waals surface area contributed by atoms with Crippen molar-refractivity contribution in [3.05, 3.63) is 35.4 Å². The zero-order valence-corrected chi connectivity index (χ0v) is 8.87. The molecule has 2 unspecified atom stereocenters. The third-order valence-electron chi connectivity index (χ3n) is 3.04. The summed E-state index contributed by atoms with van der Waals surface area (Å²) in [5.74, 6) is 0.580. The van der Waals surface area contributed by atoms with Crippen LogP contribution in [0.4, 0.5) is 0 Å². The first-order chi connectivity index (χ1) is 6.83. The second-order valence-corrected chi connectivity index (χ2v) is 4.23. The Kier molecular flexibility index (Phi) is 3.09. The largest absolute Gasteiger partial charge is 0.391 e. The van der Waals surface area contributed by atoms with E-state index in [-0.39, 0.29) is 5.92 Å². The van der Waals surface area contributed by atoms with Gasteiger partial charge in [0.1, 0.15) is 0 Å². The first-order valence-electron chi connectivity index (χ1n) is 5.14. The van der Waals surface area contributed by atoms with Gasteiger partial charge in [-0.25, -0.2) is 0 Å². The van der Waals surface area contributed by atoms with E-state index in [9.17, 15) is 5.11 Å². The van der Waals surface area contributed by atoms with Gasteiger partial charge in [-0.15, -0.1) is 11.6 Å². The third kappa shape index (κ3) is 1.79. The molecule has 0 aliphatic heterocycles. The van der Waals surface area contributed by atoms with E-state index in [0.717, 1.165) is 19.3 Å². The van der Waals surface area contributed by atoms with Gasteiger partial charge in [0.2, 0.25) is 0 Å². The van der Waals surface area contributed by atoms with Gasteiger partial charge in [0, 0.05) is 11.8 Å². The van der Waals surface area contributed by atoms with Crippen LogP contribution in [0.1, 0.15) is 29.9 Å². The molecular weight excluding hydrogens is 196 g/mol. The van der Waals surface area contributed by atoms with Crippen molar-refractivity contribution in [1.29, 1.82) is 0 Å². The Bertz CT molecular complexity index is 311. The molecule has 1 aliphatic rings. The molecule has 2 heteroatoms. The molecule has 1 aromatic rings. The van der Waals surface area contributed by atoms with E-state index in [1.165, 1.54) is 11.1 Å². The molecule has 0 bridgehead atoms. The van der Waals surface area contributed by atoms with Crippen molar-refractivity contribution < 1.29 is 5.11 Å². The van der Waals surface area contributed by atoms with Gasteiger partial charge >= 0.3 is 0 Å². The summed E-state index contributed by atoms with van der Waals surface area (Å²) in [5, 5.41) is 9.80. The molecule has 14 heavy (non-hydrogen) atoms. The number of aliphatic hydroxyl groups excluding tert-OH is 1. The fourth-order valence-corrected chi connectivity index (χ4v) is 2.51.